The zero-order chi connectivity index (χ0) is 16.0. The molecule has 2 atom stereocenters. The highest BCUT2D eigenvalue weighted by molar-refractivity contribution is 7.90. The minimum absolute atomic E-state index is 0.160. The predicted octanol–water partition coefficient (Wildman–Crippen LogP) is 3.14. The second kappa shape index (κ2) is 7.64. The van der Waals surface area contributed by atoms with E-state index in [0.717, 1.165) is 5.56 Å². The summed E-state index contributed by atoms with van der Waals surface area (Å²) in [5.74, 6) is -0.383. The number of carbonyl (C=O) groups is 1. The van der Waals surface area contributed by atoms with E-state index in [1.54, 1.807) is 24.3 Å². The van der Waals surface area contributed by atoms with Gasteiger partial charge < -0.3 is 9.29 Å². The molecule has 0 saturated heterocycles. The normalized spacial score (nSPS) is 14.3. The molecule has 0 fully saturated rings. The molecule has 0 bridgehead atoms. The molecule has 5 heteroatoms. The van der Waals surface area contributed by atoms with Crippen molar-refractivity contribution in [1.29, 1.82) is 0 Å². The van der Waals surface area contributed by atoms with Crippen molar-refractivity contribution in [3.05, 3.63) is 48.0 Å². The van der Waals surface area contributed by atoms with Gasteiger partial charge in [-0.15, -0.1) is 11.3 Å². The molecule has 0 aromatic heterocycles. The number of rotatable bonds is 6. The molecule has 0 aliphatic carbocycles. The quantitative estimate of drug-likeness (QED) is 0.498. The molecule has 1 aromatic carbocycles. The summed E-state index contributed by atoms with van der Waals surface area (Å²) in [6.07, 6.45) is 2.38. The summed E-state index contributed by atoms with van der Waals surface area (Å²) < 4.78 is 19.7. The molecule has 0 saturated carbocycles. The van der Waals surface area contributed by atoms with E-state index in [-0.39, 0.29) is 16.8 Å². The maximum absolute atomic E-state index is 12.3. The first-order valence-corrected chi connectivity index (χ1v) is 7.91. The van der Waals surface area contributed by atoms with Crippen molar-refractivity contribution in [2.24, 2.45) is 0 Å². The summed E-state index contributed by atoms with van der Waals surface area (Å²) in [6.45, 7) is 9.46. The van der Waals surface area contributed by atoms with Gasteiger partial charge in [0.1, 0.15) is 4.75 Å². The highest BCUT2D eigenvalue weighted by atomic mass is 32.2. The zero-order valence-electron chi connectivity index (χ0n) is 13.0. The summed E-state index contributed by atoms with van der Waals surface area (Å²) in [4.78, 5) is 11.6. The van der Waals surface area contributed by atoms with E-state index in [1.807, 2.05) is 26.8 Å². The highest BCUT2D eigenvalue weighted by Crippen LogP contribution is 2.23. The Hall–Kier alpha value is -1.30. The monoisotopic (exact) mass is 309 g/mol. The van der Waals surface area contributed by atoms with E-state index in [1.165, 1.54) is 7.11 Å². The molecular weight excluding hydrogens is 286 g/mol. The number of esters is 1. The fourth-order valence-electron chi connectivity index (χ4n) is 1.73. The van der Waals surface area contributed by atoms with Crippen molar-refractivity contribution < 1.29 is 14.1 Å². The number of carbonyl (C=O) groups excluding carboxylic acids is 1. The van der Waals surface area contributed by atoms with Crippen molar-refractivity contribution in [3.8, 4) is 0 Å². The lowest BCUT2D eigenvalue weighted by atomic mass is 10.0. The lowest BCUT2D eigenvalue weighted by molar-refractivity contribution is 0.0600. The van der Waals surface area contributed by atoms with Gasteiger partial charge in [-0.2, -0.15) is 0 Å². The van der Waals surface area contributed by atoms with Crippen LogP contribution in [0.15, 0.2) is 36.9 Å². The lowest BCUT2D eigenvalue weighted by Gasteiger charge is -2.27. The van der Waals surface area contributed by atoms with Gasteiger partial charge in [-0.25, -0.2) is 4.79 Å². The first-order valence-electron chi connectivity index (χ1n) is 6.76. The summed E-state index contributed by atoms with van der Waals surface area (Å²) in [6, 6.07) is 6.98. The molecule has 1 N–H and O–H groups in total. The first-order chi connectivity index (χ1) is 9.79. The van der Waals surface area contributed by atoms with Crippen LogP contribution in [0.25, 0.3) is 0 Å². The molecule has 0 aliphatic heterocycles. The molecule has 0 unspecified atom stereocenters. The fraction of sp³-hybridized carbons (Fsp3) is 0.438. The number of hydrogen-bond acceptors (Lipinski definition) is 4. The first kappa shape index (κ1) is 17.8. The molecule has 1 rings (SSSR count). The molecule has 0 aliphatic rings. The molecule has 1 aromatic rings. The Balaban J connectivity index is 3.00. The van der Waals surface area contributed by atoms with Crippen LogP contribution in [0, 0.1) is 0 Å². The Bertz CT molecular complexity index is 497. The van der Waals surface area contributed by atoms with Crippen LogP contribution in [0.1, 0.15) is 49.2 Å². The Kier molecular flexibility index (Phi) is 6.45. The molecule has 0 heterocycles. The van der Waals surface area contributed by atoms with E-state index in [4.69, 9.17) is 4.74 Å². The maximum atomic E-state index is 12.3. The van der Waals surface area contributed by atoms with Crippen LogP contribution >= 0.6 is 0 Å². The van der Waals surface area contributed by atoms with Gasteiger partial charge in [0.2, 0.25) is 0 Å². The van der Waals surface area contributed by atoms with Gasteiger partial charge in [0.05, 0.1) is 18.7 Å². The van der Waals surface area contributed by atoms with Crippen LogP contribution in [0.4, 0.5) is 0 Å². The van der Waals surface area contributed by atoms with Crippen molar-refractivity contribution in [2.75, 3.05) is 7.11 Å². The van der Waals surface area contributed by atoms with Gasteiger partial charge in [-0.05, 0) is 44.9 Å². The predicted molar refractivity (Wildman–Crippen MR) is 86.4 cm³/mol. The molecule has 0 spiro atoms. The third-order valence-electron chi connectivity index (χ3n) is 2.92. The van der Waals surface area contributed by atoms with E-state index in [0.29, 0.717) is 12.0 Å². The largest absolute Gasteiger partial charge is 0.598 e. The molecule has 116 valence electrons. The molecule has 4 nitrogen and oxygen atoms in total. The molecule has 0 radical (unpaired) electrons. The average molecular weight is 309 g/mol. The summed E-state index contributed by atoms with van der Waals surface area (Å²) in [7, 11) is 1.35. The smallest absolute Gasteiger partial charge is 0.337 e. The molecule has 0 amide bonds. The van der Waals surface area contributed by atoms with Gasteiger partial charge in [-0.3, -0.25) is 0 Å². The van der Waals surface area contributed by atoms with Crippen LogP contribution in [0.3, 0.4) is 0 Å². The molecular formula is C16H23NO3S. The number of benzene rings is 1. The second-order valence-electron chi connectivity index (χ2n) is 5.69. The lowest BCUT2D eigenvalue weighted by Crippen LogP contribution is -2.41. The van der Waals surface area contributed by atoms with Crippen LogP contribution in [0.5, 0.6) is 0 Å². The van der Waals surface area contributed by atoms with Crippen LogP contribution < -0.4 is 4.72 Å². The topological polar surface area (TPSA) is 61.4 Å². The number of hydrogen-bond donors (Lipinski definition) is 1. The van der Waals surface area contributed by atoms with Crippen molar-refractivity contribution in [3.63, 3.8) is 0 Å². The van der Waals surface area contributed by atoms with Gasteiger partial charge >= 0.3 is 5.97 Å². The van der Waals surface area contributed by atoms with E-state index in [9.17, 15) is 9.35 Å². The summed E-state index contributed by atoms with van der Waals surface area (Å²) in [5.41, 5.74) is 1.36. The van der Waals surface area contributed by atoms with Crippen molar-refractivity contribution in [2.45, 2.75) is 38.0 Å². The number of ether oxygens (including phenoxy) is 1. The minimum atomic E-state index is -1.20. The van der Waals surface area contributed by atoms with E-state index < -0.39 is 11.4 Å². The van der Waals surface area contributed by atoms with Gasteiger partial charge in [0.15, 0.2) is 0 Å². The summed E-state index contributed by atoms with van der Waals surface area (Å²) in [5, 5.41) is 0. The molecule has 21 heavy (non-hydrogen) atoms. The zero-order valence-corrected chi connectivity index (χ0v) is 13.8. The fourth-order valence-corrected chi connectivity index (χ4v) is 2.57. The Morgan fingerprint density at radius 1 is 1.52 bits per heavy atom. The van der Waals surface area contributed by atoms with Crippen LogP contribution in [-0.4, -0.2) is 22.4 Å². The Morgan fingerprint density at radius 3 is 2.71 bits per heavy atom. The van der Waals surface area contributed by atoms with E-state index in [2.05, 4.69) is 11.3 Å². The SMILES string of the molecule is C=CC[C@@H](N[S@@+]([O-])C(C)(C)C)c1cccc(C(=O)OC)c1. The number of methoxy groups -OCH3 is 1. The van der Waals surface area contributed by atoms with Crippen LogP contribution in [0.2, 0.25) is 0 Å². The van der Waals surface area contributed by atoms with Crippen molar-refractivity contribution >= 4 is 17.3 Å². The standard InChI is InChI=1S/C16H23NO3S/c1-6-8-14(17-21(19)16(2,3)4)12-9-7-10-13(11-12)15(18)20-5/h6-7,9-11,14,17H,1,8H2,2-5H3/t14-,21+/m1/s1. The maximum Gasteiger partial charge on any atom is 0.337 e. The third kappa shape index (κ3) is 5.19. The van der Waals surface area contributed by atoms with Crippen LogP contribution in [-0.2, 0) is 16.1 Å². The number of nitrogens with one attached hydrogen (secondary N) is 1. The van der Waals surface area contributed by atoms with Gasteiger partial charge in [0.25, 0.3) is 0 Å². The summed E-state index contributed by atoms with van der Waals surface area (Å²) >= 11 is -1.20. The highest BCUT2D eigenvalue weighted by Gasteiger charge is 2.29. The van der Waals surface area contributed by atoms with Crippen molar-refractivity contribution in [1.82, 2.24) is 4.72 Å². The second-order valence-corrected chi connectivity index (χ2v) is 7.69. The van der Waals surface area contributed by atoms with E-state index >= 15 is 0 Å². The third-order valence-corrected chi connectivity index (χ3v) is 4.53. The van der Waals surface area contributed by atoms with Gasteiger partial charge in [-0.1, -0.05) is 18.2 Å². The Labute approximate surface area is 129 Å². The minimum Gasteiger partial charge on any atom is -0.598 e. The average Bonchev–Trinajstić information content (AvgIpc) is 2.45. The Morgan fingerprint density at radius 2 is 2.19 bits per heavy atom. The van der Waals surface area contributed by atoms with Gasteiger partial charge in [0, 0.05) is 11.4 Å².